The first-order chi connectivity index (χ1) is 8.74. The Kier molecular flexibility index (Phi) is 2.71. The predicted octanol–water partition coefficient (Wildman–Crippen LogP) is 3.18. The highest BCUT2D eigenvalue weighted by molar-refractivity contribution is 5.61. The Morgan fingerprint density at radius 3 is 2.44 bits per heavy atom. The Morgan fingerprint density at radius 1 is 1.06 bits per heavy atom. The molecule has 2 aromatic rings. The fourth-order valence-corrected chi connectivity index (χ4v) is 2.45. The van der Waals surface area contributed by atoms with Crippen molar-refractivity contribution in [2.45, 2.75) is 12.8 Å². The highest BCUT2D eigenvalue weighted by atomic mass is 15.2. The van der Waals surface area contributed by atoms with Crippen molar-refractivity contribution < 1.29 is 0 Å². The summed E-state index contributed by atoms with van der Waals surface area (Å²) in [6, 6.07) is 17.1. The van der Waals surface area contributed by atoms with Crippen LogP contribution in [-0.2, 0) is 0 Å². The number of hydrogen-bond donors (Lipinski definition) is 1. The third-order valence-corrected chi connectivity index (χ3v) is 3.78. The summed E-state index contributed by atoms with van der Waals surface area (Å²) in [5, 5.41) is 0. The molecule has 0 atom stereocenters. The third-order valence-electron chi connectivity index (χ3n) is 3.78. The van der Waals surface area contributed by atoms with Crippen LogP contribution in [0.5, 0.6) is 0 Å². The molecule has 1 aliphatic heterocycles. The van der Waals surface area contributed by atoms with Crippen molar-refractivity contribution in [3.8, 4) is 0 Å². The molecule has 1 heterocycles. The van der Waals surface area contributed by atoms with Gasteiger partial charge in [0.1, 0.15) is 0 Å². The van der Waals surface area contributed by atoms with Gasteiger partial charge in [-0.25, -0.2) is 0 Å². The lowest BCUT2D eigenvalue weighted by Gasteiger charge is -2.41. The van der Waals surface area contributed by atoms with Gasteiger partial charge in [-0.3, -0.25) is 0 Å². The van der Waals surface area contributed by atoms with E-state index in [-0.39, 0.29) is 0 Å². The summed E-state index contributed by atoms with van der Waals surface area (Å²) >= 11 is 0. The van der Waals surface area contributed by atoms with E-state index in [9.17, 15) is 0 Å². The molecule has 0 unspecified atom stereocenters. The minimum absolute atomic E-state index is 0.661. The fraction of sp³-hybridized carbons (Fsp3) is 0.250. The molecule has 0 bridgehead atoms. The summed E-state index contributed by atoms with van der Waals surface area (Å²) in [7, 11) is 0. The molecule has 18 heavy (non-hydrogen) atoms. The van der Waals surface area contributed by atoms with Gasteiger partial charge in [-0.05, 0) is 30.2 Å². The van der Waals surface area contributed by atoms with Gasteiger partial charge in [0.25, 0.3) is 0 Å². The zero-order valence-corrected chi connectivity index (χ0v) is 10.6. The molecule has 0 spiro atoms. The Balaban J connectivity index is 1.70. The van der Waals surface area contributed by atoms with Gasteiger partial charge in [-0.2, -0.15) is 0 Å². The third kappa shape index (κ3) is 1.94. The van der Waals surface area contributed by atoms with E-state index in [2.05, 4.69) is 53.4 Å². The maximum Gasteiger partial charge on any atom is 0.0387 e. The van der Waals surface area contributed by atoms with Crippen molar-refractivity contribution in [2.24, 2.45) is 0 Å². The van der Waals surface area contributed by atoms with Crippen LogP contribution in [0.25, 0.3) is 0 Å². The van der Waals surface area contributed by atoms with E-state index < -0.39 is 0 Å². The summed E-state index contributed by atoms with van der Waals surface area (Å²) < 4.78 is 0. The predicted molar refractivity (Wildman–Crippen MR) is 77.0 cm³/mol. The van der Waals surface area contributed by atoms with Crippen LogP contribution in [0.2, 0.25) is 0 Å². The highest BCUT2D eigenvalue weighted by Gasteiger charge is 2.28. The average Bonchev–Trinajstić information content (AvgIpc) is 2.33. The summed E-state index contributed by atoms with van der Waals surface area (Å²) in [6.07, 6.45) is 0. The average molecular weight is 238 g/mol. The molecule has 3 rings (SSSR count). The van der Waals surface area contributed by atoms with Crippen molar-refractivity contribution >= 4 is 11.4 Å². The number of nitrogens with two attached hydrogens (primary N) is 1. The van der Waals surface area contributed by atoms with Gasteiger partial charge in [-0.15, -0.1) is 0 Å². The first kappa shape index (κ1) is 11.1. The lowest BCUT2D eigenvalue weighted by molar-refractivity contribution is 0.525. The quantitative estimate of drug-likeness (QED) is 0.814. The molecule has 2 nitrogen and oxygen atoms in total. The summed E-state index contributed by atoms with van der Waals surface area (Å²) in [6.45, 7) is 4.22. The number of benzene rings is 2. The largest absolute Gasteiger partial charge is 0.398 e. The lowest BCUT2D eigenvalue weighted by atomic mass is 9.91. The number of rotatable bonds is 2. The number of nitrogen functional groups attached to an aromatic ring is 1. The molecule has 1 fully saturated rings. The first-order valence-corrected chi connectivity index (χ1v) is 6.40. The van der Waals surface area contributed by atoms with Crippen molar-refractivity contribution in [1.29, 1.82) is 0 Å². The summed E-state index contributed by atoms with van der Waals surface area (Å²) in [5.41, 5.74) is 10.7. The Labute approximate surface area is 108 Å². The molecule has 0 amide bonds. The van der Waals surface area contributed by atoms with Crippen LogP contribution in [0, 0.1) is 6.92 Å². The van der Waals surface area contributed by atoms with Crippen LogP contribution in [-0.4, -0.2) is 13.1 Å². The maximum atomic E-state index is 5.96. The molecular formula is C16H18N2. The van der Waals surface area contributed by atoms with Gasteiger partial charge in [0, 0.05) is 30.4 Å². The molecule has 2 N–H and O–H groups in total. The van der Waals surface area contributed by atoms with Crippen molar-refractivity contribution in [2.75, 3.05) is 23.7 Å². The van der Waals surface area contributed by atoms with Gasteiger partial charge < -0.3 is 10.6 Å². The molecule has 2 heteroatoms. The van der Waals surface area contributed by atoms with Gasteiger partial charge in [0.05, 0.1) is 0 Å². The fourth-order valence-electron chi connectivity index (χ4n) is 2.45. The Bertz CT molecular complexity index is 542. The minimum Gasteiger partial charge on any atom is -0.398 e. The van der Waals surface area contributed by atoms with Crippen LogP contribution < -0.4 is 10.6 Å². The van der Waals surface area contributed by atoms with E-state index in [1.807, 2.05) is 6.92 Å². The lowest BCUT2D eigenvalue weighted by Crippen LogP contribution is -2.45. The first-order valence-electron chi connectivity index (χ1n) is 6.40. The van der Waals surface area contributed by atoms with Crippen molar-refractivity contribution in [1.82, 2.24) is 0 Å². The van der Waals surface area contributed by atoms with Gasteiger partial charge >= 0.3 is 0 Å². The number of nitrogens with zero attached hydrogens (tertiary/aromatic N) is 1. The van der Waals surface area contributed by atoms with E-state index in [1.165, 1.54) is 11.3 Å². The second-order valence-corrected chi connectivity index (χ2v) is 5.05. The van der Waals surface area contributed by atoms with E-state index in [1.54, 1.807) is 0 Å². The van der Waals surface area contributed by atoms with Gasteiger partial charge in [0.15, 0.2) is 0 Å². The Hall–Kier alpha value is -1.96. The normalized spacial score (nSPS) is 15.5. The second kappa shape index (κ2) is 4.37. The molecule has 0 radical (unpaired) electrons. The van der Waals surface area contributed by atoms with Gasteiger partial charge in [-0.1, -0.05) is 36.4 Å². The SMILES string of the molecule is Cc1ccc(N2CC(c3ccccc3)C2)cc1N. The maximum absolute atomic E-state index is 5.96. The molecule has 92 valence electrons. The molecule has 2 aromatic carbocycles. The number of anilines is 2. The monoisotopic (exact) mass is 238 g/mol. The summed E-state index contributed by atoms with van der Waals surface area (Å²) in [4.78, 5) is 2.38. The second-order valence-electron chi connectivity index (χ2n) is 5.05. The number of hydrogen-bond acceptors (Lipinski definition) is 2. The van der Waals surface area contributed by atoms with Crippen LogP contribution >= 0.6 is 0 Å². The topological polar surface area (TPSA) is 29.3 Å². The highest BCUT2D eigenvalue weighted by Crippen LogP contribution is 2.32. The van der Waals surface area contributed by atoms with Crippen LogP contribution in [0.3, 0.4) is 0 Å². The molecule has 0 aliphatic carbocycles. The zero-order chi connectivity index (χ0) is 12.5. The molecule has 0 aromatic heterocycles. The van der Waals surface area contributed by atoms with Crippen LogP contribution in [0.4, 0.5) is 11.4 Å². The zero-order valence-electron chi connectivity index (χ0n) is 10.6. The Morgan fingerprint density at radius 2 is 1.78 bits per heavy atom. The summed E-state index contributed by atoms with van der Waals surface area (Å²) in [5.74, 6) is 0.661. The molecule has 1 saturated heterocycles. The van der Waals surface area contributed by atoms with Gasteiger partial charge in [0.2, 0.25) is 0 Å². The van der Waals surface area contributed by atoms with Crippen molar-refractivity contribution in [3.05, 3.63) is 59.7 Å². The van der Waals surface area contributed by atoms with E-state index in [4.69, 9.17) is 5.73 Å². The smallest absolute Gasteiger partial charge is 0.0387 e. The van der Waals surface area contributed by atoms with E-state index in [0.29, 0.717) is 5.92 Å². The van der Waals surface area contributed by atoms with Crippen molar-refractivity contribution in [3.63, 3.8) is 0 Å². The molecular weight excluding hydrogens is 220 g/mol. The van der Waals surface area contributed by atoms with E-state index >= 15 is 0 Å². The van der Waals surface area contributed by atoms with Crippen LogP contribution in [0.15, 0.2) is 48.5 Å². The van der Waals surface area contributed by atoms with E-state index in [0.717, 1.165) is 24.3 Å². The minimum atomic E-state index is 0.661. The van der Waals surface area contributed by atoms with Crippen LogP contribution in [0.1, 0.15) is 17.0 Å². The molecule has 0 saturated carbocycles. The standard InChI is InChI=1S/C16H18N2/c1-12-7-8-15(9-16(12)17)18-10-14(11-18)13-5-3-2-4-6-13/h2-9,14H,10-11,17H2,1H3. The number of aryl methyl sites for hydroxylation is 1. The molecule has 1 aliphatic rings.